The van der Waals surface area contributed by atoms with Crippen molar-refractivity contribution in [3.63, 3.8) is 0 Å². The van der Waals surface area contributed by atoms with E-state index in [1.807, 2.05) is 18.2 Å². The van der Waals surface area contributed by atoms with E-state index >= 15 is 0 Å². The Balaban J connectivity index is 1.65. The molecule has 1 aromatic carbocycles. The summed E-state index contributed by atoms with van der Waals surface area (Å²) in [5.41, 5.74) is 2.23. The second-order valence-corrected chi connectivity index (χ2v) is 6.20. The molecule has 0 radical (unpaired) electrons. The number of carbonyl (C=O) groups is 1. The van der Waals surface area contributed by atoms with Gasteiger partial charge in [-0.05, 0) is 31.5 Å². The van der Waals surface area contributed by atoms with Crippen molar-refractivity contribution in [2.75, 3.05) is 18.4 Å². The number of ether oxygens (including phenoxy) is 1. The van der Waals surface area contributed by atoms with Crippen LogP contribution >= 0.6 is 0 Å². The fourth-order valence-electron chi connectivity index (χ4n) is 3.03. The summed E-state index contributed by atoms with van der Waals surface area (Å²) in [6.07, 6.45) is 4.99. The summed E-state index contributed by atoms with van der Waals surface area (Å²) in [7, 11) is 0. The lowest BCUT2D eigenvalue weighted by atomic mass is 10.1. The monoisotopic (exact) mass is 326 g/mol. The lowest BCUT2D eigenvalue weighted by molar-refractivity contribution is -0.0704. The van der Waals surface area contributed by atoms with Crippen LogP contribution in [0.15, 0.2) is 42.9 Å². The molecule has 1 amide bonds. The van der Waals surface area contributed by atoms with Gasteiger partial charge in [0.25, 0.3) is 5.91 Å². The van der Waals surface area contributed by atoms with Gasteiger partial charge in [-0.25, -0.2) is 4.98 Å². The van der Waals surface area contributed by atoms with Crippen LogP contribution in [-0.2, 0) is 11.3 Å². The van der Waals surface area contributed by atoms with Gasteiger partial charge in [-0.15, -0.1) is 0 Å². The Bertz CT molecular complexity index is 682. The van der Waals surface area contributed by atoms with Gasteiger partial charge in [-0.1, -0.05) is 12.1 Å². The van der Waals surface area contributed by atoms with E-state index < -0.39 is 0 Å². The Labute approximate surface area is 141 Å². The van der Waals surface area contributed by atoms with Crippen LogP contribution < -0.4 is 5.32 Å². The van der Waals surface area contributed by atoms with Gasteiger partial charge >= 0.3 is 0 Å². The molecule has 24 heavy (non-hydrogen) atoms. The lowest BCUT2D eigenvalue weighted by Gasteiger charge is -2.35. The molecule has 6 nitrogen and oxygen atoms in total. The molecule has 6 heteroatoms. The molecule has 0 unspecified atom stereocenters. The Kier molecular flexibility index (Phi) is 5.17. The Morgan fingerprint density at radius 1 is 1.29 bits per heavy atom. The average molecular weight is 326 g/mol. The number of hydrogen-bond donors (Lipinski definition) is 1. The van der Waals surface area contributed by atoms with Crippen molar-refractivity contribution in [1.29, 1.82) is 0 Å². The van der Waals surface area contributed by atoms with Crippen molar-refractivity contribution in [3.8, 4) is 0 Å². The molecule has 0 saturated carbocycles. The summed E-state index contributed by atoms with van der Waals surface area (Å²) in [6.45, 7) is 6.87. The fourth-order valence-corrected chi connectivity index (χ4v) is 3.03. The largest absolute Gasteiger partial charge is 0.373 e. The smallest absolute Gasteiger partial charge is 0.275 e. The Hall–Kier alpha value is -2.31. The first-order valence-electron chi connectivity index (χ1n) is 8.14. The first-order valence-corrected chi connectivity index (χ1v) is 8.14. The molecule has 2 atom stereocenters. The molecular formula is C18H22N4O2. The topological polar surface area (TPSA) is 67.4 Å². The predicted molar refractivity (Wildman–Crippen MR) is 91.7 cm³/mol. The van der Waals surface area contributed by atoms with E-state index in [1.165, 1.54) is 12.4 Å². The SMILES string of the molecule is C[C@@H]1CN(Cc2cccc(NC(=O)c3cnccn3)c2)C[C@@H](C)O1. The maximum absolute atomic E-state index is 12.2. The Morgan fingerprint density at radius 3 is 2.79 bits per heavy atom. The van der Waals surface area contributed by atoms with E-state index in [0.29, 0.717) is 5.69 Å². The first-order chi connectivity index (χ1) is 11.6. The predicted octanol–water partition coefficient (Wildman–Crippen LogP) is 2.34. The van der Waals surface area contributed by atoms with Crippen molar-refractivity contribution < 1.29 is 9.53 Å². The van der Waals surface area contributed by atoms with Crippen molar-refractivity contribution >= 4 is 11.6 Å². The van der Waals surface area contributed by atoms with Crippen molar-refractivity contribution in [3.05, 3.63) is 54.1 Å². The van der Waals surface area contributed by atoms with E-state index in [9.17, 15) is 4.79 Å². The standard InChI is InChI=1S/C18H22N4O2/c1-13-10-22(11-14(2)24-13)12-15-4-3-5-16(8-15)21-18(23)17-9-19-6-7-20-17/h3-9,13-14H,10-12H2,1-2H3,(H,21,23)/t13-,14-/m1/s1. The van der Waals surface area contributed by atoms with Crippen LogP contribution in [0, 0.1) is 0 Å². The lowest BCUT2D eigenvalue weighted by Crippen LogP contribution is -2.44. The molecule has 1 N–H and O–H groups in total. The van der Waals surface area contributed by atoms with Crippen LogP contribution in [0.25, 0.3) is 0 Å². The average Bonchev–Trinajstić information content (AvgIpc) is 2.55. The number of rotatable bonds is 4. The van der Waals surface area contributed by atoms with Gasteiger partial charge in [0.15, 0.2) is 0 Å². The summed E-state index contributed by atoms with van der Waals surface area (Å²) in [6, 6.07) is 7.90. The fraction of sp³-hybridized carbons (Fsp3) is 0.389. The van der Waals surface area contributed by atoms with Crippen LogP contribution in [0.5, 0.6) is 0 Å². The van der Waals surface area contributed by atoms with Crippen LogP contribution in [-0.4, -0.2) is 46.1 Å². The van der Waals surface area contributed by atoms with E-state index in [4.69, 9.17) is 4.74 Å². The zero-order valence-electron chi connectivity index (χ0n) is 14.0. The van der Waals surface area contributed by atoms with Crippen molar-refractivity contribution in [1.82, 2.24) is 14.9 Å². The summed E-state index contributed by atoms with van der Waals surface area (Å²) >= 11 is 0. The molecule has 3 rings (SSSR count). The summed E-state index contributed by atoms with van der Waals surface area (Å²) < 4.78 is 5.77. The molecule has 1 saturated heterocycles. The normalized spacial score (nSPS) is 21.4. The molecule has 0 spiro atoms. The molecule has 2 heterocycles. The third kappa shape index (κ3) is 4.37. The maximum atomic E-state index is 12.2. The molecule has 126 valence electrons. The molecule has 0 bridgehead atoms. The quantitative estimate of drug-likeness (QED) is 0.934. The number of hydrogen-bond acceptors (Lipinski definition) is 5. The molecule has 1 fully saturated rings. The molecule has 1 aromatic heterocycles. The van der Waals surface area contributed by atoms with Crippen LogP contribution in [0.2, 0.25) is 0 Å². The summed E-state index contributed by atoms with van der Waals surface area (Å²) in [5, 5.41) is 2.87. The summed E-state index contributed by atoms with van der Waals surface area (Å²) in [5.74, 6) is -0.256. The second-order valence-electron chi connectivity index (χ2n) is 6.20. The third-order valence-electron chi connectivity index (χ3n) is 3.88. The molecule has 0 aliphatic carbocycles. The number of amides is 1. The van der Waals surface area contributed by atoms with Gasteiger partial charge in [0.2, 0.25) is 0 Å². The minimum atomic E-state index is -0.256. The van der Waals surface area contributed by atoms with Crippen LogP contribution in [0.4, 0.5) is 5.69 Å². The molecular weight excluding hydrogens is 304 g/mol. The van der Waals surface area contributed by atoms with Crippen LogP contribution in [0.3, 0.4) is 0 Å². The molecule has 2 aromatic rings. The second kappa shape index (κ2) is 7.51. The minimum Gasteiger partial charge on any atom is -0.373 e. The highest BCUT2D eigenvalue weighted by Crippen LogP contribution is 2.17. The highest BCUT2D eigenvalue weighted by atomic mass is 16.5. The van der Waals surface area contributed by atoms with Crippen LogP contribution in [0.1, 0.15) is 29.9 Å². The number of morpholine rings is 1. The molecule has 1 aliphatic heterocycles. The molecule has 1 aliphatic rings. The maximum Gasteiger partial charge on any atom is 0.275 e. The van der Waals surface area contributed by atoms with E-state index in [-0.39, 0.29) is 18.1 Å². The van der Waals surface area contributed by atoms with E-state index in [2.05, 4.69) is 40.1 Å². The number of anilines is 1. The van der Waals surface area contributed by atoms with Gasteiger partial charge in [0, 0.05) is 37.7 Å². The van der Waals surface area contributed by atoms with E-state index in [0.717, 1.165) is 30.9 Å². The van der Waals surface area contributed by atoms with Crippen molar-refractivity contribution in [2.24, 2.45) is 0 Å². The van der Waals surface area contributed by atoms with E-state index in [1.54, 1.807) is 6.20 Å². The zero-order chi connectivity index (χ0) is 16.9. The highest BCUT2D eigenvalue weighted by molar-refractivity contribution is 6.02. The number of aromatic nitrogens is 2. The first kappa shape index (κ1) is 16.5. The summed E-state index contributed by atoms with van der Waals surface area (Å²) in [4.78, 5) is 22.5. The van der Waals surface area contributed by atoms with Gasteiger partial charge in [0.1, 0.15) is 5.69 Å². The number of carbonyl (C=O) groups excluding carboxylic acids is 1. The van der Waals surface area contributed by atoms with Gasteiger partial charge in [0.05, 0.1) is 18.4 Å². The third-order valence-corrected chi connectivity index (χ3v) is 3.88. The van der Waals surface area contributed by atoms with Gasteiger partial charge in [-0.2, -0.15) is 0 Å². The number of nitrogens with one attached hydrogen (secondary N) is 1. The van der Waals surface area contributed by atoms with Gasteiger partial charge < -0.3 is 10.1 Å². The highest BCUT2D eigenvalue weighted by Gasteiger charge is 2.22. The Morgan fingerprint density at radius 2 is 2.08 bits per heavy atom. The minimum absolute atomic E-state index is 0.244. The van der Waals surface area contributed by atoms with Crippen molar-refractivity contribution in [2.45, 2.75) is 32.6 Å². The number of benzene rings is 1. The number of nitrogens with zero attached hydrogens (tertiary/aromatic N) is 3. The zero-order valence-corrected chi connectivity index (χ0v) is 14.0. The van der Waals surface area contributed by atoms with Gasteiger partial charge in [-0.3, -0.25) is 14.7 Å².